The Morgan fingerprint density at radius 1 is 1.40 bits per heavy atom. The van der Waals surface area contributed by atoms with Gasteiger partial charge >= 0.3 is 0 Å². The molecule has 0 aromatic carbocycles. The number of nitrogens with two attached hydrogens (primary N) is 1. The van der Waals surface area contributed by atoms with E-state index in [1.165, 1.54) is 0 Å². The Kier molecular flexibility index (Phi) is 2.98. The van der Waals surface area contributed by atoms with Gasteiger partial charge in [-0.1, -0.05) is 6.92 Å². The van der Waals surface area contributed by atoms with Crippen molar-refractivity contribution in [3.8, 4) is 0 Å². The lowest BCUT2D eigenvalue weighted by Gasteiger charge is -2.51. The van der Waals surface area contributed by atoms with Gasteiger partial charge in [0.05, 0.1) is 0 Å². The molecule has 0 atom stereocenters. The molecule has 1 amide bonds. The van der Waals surface area contributed by atoms with Crippen molar-refractivity contribution < 1.29 is 4.79 Å². The highest BCUT2D eigenvalue weighted by Crippen LogP contribution is 2.42. The minimum absolute atomic E-state index is 0.123. The van der Waals surface area contributed by atoms with Crippen LogP contribution in [0.1, 0.15) is 26.2 Å². The van der Waals surface area contributed by atoms with E-state index in [1.54, 1.807) is 0 Å². The third-order valence-electron chi connectivity index (χ3n) is 3.78. The van der Waals surface area contributed by atoms with Crippen LogP contribution >= 0.6 is 0 Å². The van der Waals surface area contributed by atoms with Crippen LogP contribution in [0.5, 0.6) is 0 Å². The van der Waals surface area contributed by atoms with Crippen molar-refractivity contribution in [1.29, 1.82) is 0 Å². The van der Waals surface area contributed by atoms with Crippen molar-refractivity contribution in [2.45, 2.75) is 31.7 Å². The smallest absolute Gasteiger partial charge is 0.237 e. The highest BCUT2D eigenvalue weighted by Gasteiger charge is 2.51. The van der Waals surface area contributed by atoms with Crippen LogP contribution in [0.2, 0.25) is 0 Å². The number of nitrogens with zero attached hydrogens (tertiary/aromatic N) is 1. The molecule has 2 fully saturated rings. The quantitative estimate of drug-likeness (QED) is 0.672. The fourth-order valence-electron chi connectivity index (χ4n) is 2.98. The van der Waals surface area contributed by atoms with Crippen LogP contribution < -0.4 is 11.1 Å². The summed E-state index contributed by atoms with van der Waals surface area (Å²) in [7, 11) is 0. The van der Waals surface area contributed by atoms with Gasteiger partial charge in [0.15, 0.2) is 0 Å². The normalized spacial score (nSPS) is 38.1. The van der Waals surface area contributed by atoms with Crippen molar-refractivity contribution in [2.75, 3.05) is 26.2 Å². The summed E-state index contributed by atoms with van der Waals surface area (Å²) in [5.74, 6) is 0.524. The summed E-state index contributed by atoms with van der Waals surface area (Å²) < 4.78 is 0. The average molecular weight is 211 g/mol. The lowest BCUT2D eigenvalue weighted by Crippen LogP contribution is -2.64. The van der Waals surface area contributed by atoms with E-state index in [9.17, 15) is 4.79 Å². The van der Waals surface area contributed by atoms with Gasteiger partial charge < -0.3 is 11.1 Å². The Morgan fingerprint density at radius 2 is 2.13 bits per heavy atom. The summed E-state index contributed by atoms with van der Waals surface area (Å²) in [6, 6.07) is 0. The molecule has 0 spiro atoms. The molecule has 2 aliphatic rings. The van der Waals surface area contributed by atoms with E-state index in [4.69, 9.17) is 5.73 Å². The largest absolute Gasteiger partial charge is 0.368 e. The molecule has 4 heteroatoms. The predicted molar refractivity (Wildman–Crippen MR) is 59.4 cm³/mol. The van der Waals surface area contributed by atoms with Gasteiger partial charge in [0.2, 0.25) is 5.91 Å². The standard InChI is InChI=1S/C11H21N3O/c1-9-7-11(8-9,10(12)15)14-5-2-3-13-4-6-14/h9,13H,2-8H2,1H3,(H2,12,15). The minimum atomic E-state index is -0.314. The molecule has 86 valence electrons. The number of carbonyl (C=O) groups excluding carboxylic acids is 1. The molecule has 3 N–H and O–H groups in total. The molecule has 1 aliphatic carbocycles. The van der Waals surface area contributed by atoms with Crippen LogP contribution in [0.4, 0.5) is 0 Å². The molecular weight excluding hydrogens is 190 g/mol. The first-order valence-corrected chi connectivity index (χ1v) is 5.91. The summed E-state index contributed by atoms with van der Waals surface area (Å²) in [6.07, 6.45) is 3.01. The van der Waals surface area contributed by atoms with E-state index in [0.717, 1.165) is 45.4 Å². The molecule has 4 nitrogen and oxygen atoms in total. The Balaban J connectivity index is 2.07. The van der Waals surface area contributed by atoms with E-state index in [2.05, 4.69) is 17.1 Å². The summed E-state index contributed by atoms with van der Waals surface area (Å²) in [6.45, 7) is 6.18. The SMILES string of the molecule is CC1CC(C(N)=O)(N2CCCNCC2)C1. The molecule has 0 bridgehead atoms. The number of rotatable bonds is 2. The van der Waals surface area contributed by atoms with Gasteiger partial charge in [-0.25, -0.2) is 0 Å². The van der Waals surface area contributed by atoms with Crippen molar-refractivity contribution >= 4 is 5.91 Å². The lowest BCUT2D eigenvalue weighted by molar-refractivity contribution is -0.140. The van der Waals surface area contributed by atoms with Crippen LogP contribution in [0.3, 0.4) is 0 Å². The topological polar surface area (TPSA) is 58.4 Å². The highest BCUT2D eigenvalue weighted by molar-refractivity contribution is 5.85. The minimum Gasteiger partial charge on any atom is -0.368 e. The van der Waals surface area contributed by atoms with E-state index in [0.29, 0.717) is 5.92 Å². The van der Waals surface area contributed by atoms with E-state index < -0.39 is 0 Å². The second-order valence-electron chi connectivity index (χ2n) is 5.00. The molecule has 1 saturated carbocycles. The zero-order valence-electron chi connectivity index (χ0n) is 9.46. The summed E-state index contributed by atoms with van der Waals surface area (Å²) >= 11 is 0. The van der Waals surface area contributed by atoms with Gasteiger partial charge in [0.1, 0.15) is 5.54 Å². The van der Waals surface area contributed by atoms with Crippen molar-refractivity contribution in [3.63, 3.8) is 0 Å². The number of hydrogen-bond donors (Lipinski definition) is 2. The number of nitrogens with one attached hydrogen (secondary N) is 1. The Morgan fingerprint density at radius 3 is 2.73 bits per heavy atom. The Bertz CT molecular complexity index is 240. The van der Waals surface area contributed by atoms with Gasteiger partial charge in [-0.15, -0.1) is 0 Å². The number of hydrogen-bond acceptors (Lipinski definition) is 3. The van der Waals surface area contributed by atoms with Gasteiger partial charge in [-0.05, 0) is 31.7 Å². The van der Waals surface area contributed by atoms with Crippen LogP contribution in [-0.4, -0.2) is 42.5 Å². The number of amides is 1. The van der Waals surface area contributed by atoms with E-state index in [1.807, 2.05) is 0 Å². The van der Waals surface area contributed by atoms with Crippen molar-refractivity contribution in [3.05, 3.63) is 0 Å². The second-order valence-corrected chi connectivity index (χ2v) is 5.00. The first kappa shape index (κ1) is 10.9. The maximum Gasteiger partial charge on any atom is 0.237 e. The lowest BCUT2D eigenvalue weighted by atomic mass is 9.67. The summed E-state index contributed by atoms with van der Waals surface area (Å²) in [5.41, 5.74) is 5.26. The summed E-state index contributed by atoms with van der Waals surface area (Å²) in [5, 5.41) is 3.35. The predicted octanol–water partition coefficient (Wildman–Crippen LogP) is -0.0643. The maximum atomic E-state index is 11.6. The van der Waals surface area contributed by atoms with Crippen LogP contribution in [0, 0.1) is 5.92 Å². The van der Waals surface area contributed by atoms with E-state index in [-0.39, 0.29) is 11.4 Å². The Hall–Kier alpha value is -0.610. The molecular formula is C11H21N3O. The van der Waals surface area contributed by atoms with Gasteiger partial charge in [-0.2, -0.15) is 0 Å². The number of primary amides is 1. The third-order valence-corrected chi connectivity index (χ3v) is 3.78. The molecule has 0 radical (unpaired) electrons. The molecule has 1 heterocycles. The monoisotopic (exact) mass is 211 g/mol. The number of carbonyl (C=O) groups is 1. The highest BCUT2D eigenvalue weighted by atomic mass is 16.1. The zero-order valence-corrected chi connectivity index (χ0v) is 9.46. The Labute approximate surface area is 91.2 Å². The average Bonchev–Trinajstić information content (AvgIpc) is 2.40. The molecule has 0 aromatic rings. The molecule has 0 aromatic heterocycles. The zero-order chi connectivity index (χ0) is 10.9. The van der Waals surface area contributed by atoms with Crippen molar-refractivity contribution in [1.82, 2.24) is 10.2 Å². The van der Waals surface area contributed by atoms with Crippen molar-refractivity contribution in [2.24, 2.45) is 11.7 Å². The van der Waals surface area contributed by atoms with E-state index >= 15 is 0 Å². The molecule has 0 unspecified atom stereocenters. The summed E-state index contributed by atoms with van der Waals surface area (Å²) in [4.78, 5) is 13.9. The van der Waals surface area contributed by atoms with Gasteiger partial charge in [0.25, 0.3) is 0 Å². The first-order valence-electron chi connectivity index (χ1n) is 5.91. The third kappa shape index (κ3) is 1.88. The fraction of sp³-hybridized carbons (Fsp3) is 0.909. The molecule has 1 aliphatic heterocycles. The molecule has 15 heavy (non-hydrogen) atoms. The molecule has 1 saturated heterocycles. The van der Waals surface area contributed by atoms with Crippen LogP contribution in [0.25, 0.3) is 0 Å². The van der Waals surface area contributed by atoms with Gasteiger partial charge in [-0.3, -0.25) is 9.69 Å². The molecule has 2 rings (SSSR count). The maximum absolute atomic E-state index is 11.6. The second kappa shape index (κ2) is 4.10. The van der Waals surface area contributed by atoms with Crippen LogP contribution in [0.15, 0.2) is 0 Å². The first-order chi connectivity index (χ1) is 7.15. The van der Waals surface area contributed by atoms with Crippen LogP contribution in [-0.2, 0) is 4.79 Å². The fourth-order valence-corrected chi connectivity index (χ4v) is 2.98. The van der Waals surface area contributed by atoms with Gasteiger partial charge in [0, 0.05) is 19.6 Å².